The molecule has 5 atom stereocenters. The van der Waals surface area contributed by atoms with Gasteiger partial charge in [-0.25, -0.2) is 4.98 Å². The maximum Gasteiger partial charge on any atom is 0.416 e. The number of carbonyl (C=O) groups excluding carboxylic acids is 2. The van der Waals surface area contributed by atoms with E-state index in [4.69, 9.17) is 9.97 Å². The zero-order valence-corrected chi connectivity index (χ0v) is 37.9. The van der Waals surface area contributed by atoms with Crippen LogP contribution in [-0.2, 0) is 37.8 Å². The predicted octanol–water partition coefficient (Wildman–Crippen LogP) is 13.5. The van der Waals surface area contributed by atoms with Crippen molar-refractivity contribution < 1.29 is 62.3 Å². The Morgan fingerprint density at radius 2 is 1.17 bits per heavy atom. The summed E-state index contributed by atoms with van der Waals surface area (Å²) in [4.78, 5) is 46.5. The van der Waals surface area contributed by atoms with E-state index in [0.717, 1.165) is 0 Å². The van der Waals surface area contributed by atoms with Gasteiger partial charge in [-0.2, -0.15) is 52.7 Å². The van der Waals surface area contributed by atoms with Crippen molar-refractivity contribution in [3.05, 3.63) is 139 Å². The highest BCUT2D eigenvalue weighted by Crippen LogP contribution is 2.45. The minimum absolute atomic E-state index is 0.0118. The third kappa shape index (κ3) is 9.00. The number of H-pyrrole nitrogens is 2. The monoisotopic (exact) mass is 976 g/mol. The highest BCUT2D eigenvalue weighted by Gasteiger charge is 2.43. The number of nitrogens with zero attached hydrogens (tertiary/aromatic N) is 3. The highest BCUT2D eigenvalue weighted by molar-refractivity contribution is 6.23. The number of imide groups is 1. The number of halogens is 12. The van der Waals surface area contributed by atoms with E-state index in [0.29, 0.717) is 86.3 Å². The first-order valence-corrected chi connectivity index (χ1v) is 21.9. The highest BCUT2D eigenvalue weighted by atomic mass is 19.4. The van der Waals surface area contributed by atoms with Gasteiger partial charge >= 0.3 is 24.7 Å². The van der Waals surface area contributed by atoms with Crippen LogP contribution in [0.25, 0.3) is 22.2 Å². The Labute approximate surface area is 386 Å². The van der Waals surface area contributed by atoms with E-state index in [9.17, 15) is 62.3 Å². The second-order valence-electron chi connectivity index (χ2n) is 18.1. The van der Waals surface area contributed by atoms with Crippen molar-refractivity contribution in [2.24, 2.45) is 0 Å². The van der Waals surface area contributed by atoms with Gasteiger partial charge in [0.15, 0.2) is 0 Å². The topological polar surface area (TPSA) is 107 Å². The Morgan fingerprint density at radius 1 is 0.638 bits per heavy atom. The molecular weight excluding hydrogens is 933 g/mol. The average molecular weight is 977 g/mol. The van der Waals surface area contributed by atoms with Crippen LogP contribution in [0, 0.1) is 6.92 Å². The molecule has 2 aromatic carbocycles. The van der Waals surface area contributed by atoms with Gasteiger partial charge < -0.3 is 15.3 Å². The number of carbonyl (C=O) groups is 2. The van der Waals surface area contributed by atoms with Gasteiger partial charge in [-0.05, 0) is 110 Å². The summed E-state index contributed by atoms with van der Waals surface area (Å²) in [6.45, 7) is 11.3. The molecule has 366 valence electrons. The second kappa shape index (κ2) is 17.0. The smallest absolute Gasteiger partial charge is 0.362 e. The third-order valence-corrected chi connectivity index (χ3v) is 13.7. The molecular formula is C49H44F12N6O2. The molecule has 1 unspecified atom stereocenters. The number of fused-ring (bicyclic) bond motifs is 8. The lowest BCUT2D eigenvalue weighted by molar-refractivity contribution is -0.144. The quantitative estimate of drug-likeness (QED) is 0.126. The van der Waals surface area contributed by atoms with Crippen LogP contribution in [0.1, 0.15) is 165 Å². The van der Waals surface area contributed by atoms with Gasteiger partial charge in [0.05, 0.1) is 62.5 Å². The fourth-order valence-electron chi connectivity index (χ4n) is 9.72. The number of aryl methyl sites for hydroxylation is 1. The first-order valence-electron chi connectivity index (χ1n) is 21.9. The van der Waals surface area contributed by atoms with Crippen LogP contribution in [0.4, 0.5) is 52.7 Å². The molecule has 0 saturated carbocycles. The molecule has 4 aliphatic heterocycles. The van der Waals surface area contributed by atoms with E-state index in [1.165, 1.54) is 0 Å². The van der Waals surface area contributed by atoms with Gasteiger partial charge in [0, 0.05) is 58.9 Å². The predicted molar refractivity (Wildman–Crippen MR) is 231 cm³/mol. The van der Waals surface area contributed by atoms with Gasteiger partial charge in [0.2, 0.25) is 0 Å². The fourth-order valence-corrected chi connectivity index (χ4v) is 9.72. The minimum Gasteiger partial charge on any atom is -0.362 e. The molecule has 4 aliphatic rings. The number of rotatable bonds is 7. The number of nitrogens with one attached hydrogen (secondary N) is 3. The number of aromatic nitrogens is 4. The summed E-state index contributed by atoms with van der Waals surface area (Å²) in [7, 11) is 0. The number of hydrogen-bond acceptors (Lipinski definition) is 5. The van der Waals surface area contributed by atoms with Crippen LogP contribution in [0.2, 0.25) is 0 Å². The van der Waals surface area contributed by atoms with Crippen molar-refractivity contribution in [2.75, 3.05) is 0 Å². The minimum atomic E-state index is -5.19. The Bertz CT molecular complexity index is 2960. The van der Waals surface area contributed by atoms with Crippen molar-refractivity contribution in [2.45, 2.75) is 122 Å². The largest absolute Gasteiger partial charge is 0.416 e. The lowest BCUT2D eigenvalue weighted by atomic mass is 9.88. The molecule has 0 radical (unpaired) electrons. The van der Waals surface area contributed by atoms with Crippen LogP contribution in [0.5, 0.6) is 0 Å². The number of amides is 2. The van der Waals surface area contributed by atoms with Crippen molar-refractivity contribution in [1.29, 1.82) is 0 Å². The maximum absolute atomic E-state index is 14.8. The molecule has 2 amide bonds. The van der Waals surface area contributed by atoms with Crippen LogP contribution >= 0.6 is 0 Å². The summed E-state index contributed by atoms with van der Waals surface area (Å²) >= 11 is 0. The zero-order chi connectivity index (χ0) is 50.6. The Balaban J connectivity index is 1.32. The lowest BCUT2D eigenvalue weighted by Gasteiger charge is -2.27. The van der Waals surface area contributed by atoms with E-state index >= 15 is 0 Å². The molecule has 2 aromatic heterocycles. The number of alkyl halides is 12. The summed E-state index contributed by atoms with van der Waals surface area (Å²) in [5, 5.41) is 3.10. The van der Waals surface area contributed by atoms with Crippen LogP contribution in [-0.4, -0.2) is 42.7 Å². The Morgan fingerprint density at radius 3 is 1.71 bits per heavy atom. The number of allylic oxidation sites excluding steroid dienone is 1. The molecule has 0 fully saturated rings. The molecule has 4 aromatic rings. The summed E-state index contributed by atoms with van der Waals surface area (Å²) < 4.78 is 166. The van der Waals surface area contributed by atoms with E-state index in [-0.39, 0.29) is 58.4 Å². The Hall–Kier alpha value is -6.18. The molecule has 8 nitrogen and oxygen atoms in total. The second-order valence-corrected chi connectivity index (χ2v) is 18.1. The molecule has 6 heterocycles. The summed E-state index contributed by atoms with van der Waals surface area (Å²) in [6, 6.07) is 6.88. The molecule has 3 N–H and O–H groups in total. The SMILES string of the molecule is CC[C@H]1c2cc3[nH]c4c(c5nc(cc6nc(cc([nH]2)[C@@H]1C)C(C(C)NCc1cc(C(F)(F)F)cc(C(F)(F)F)c1)=C6C)[C@@H](C)[C@@H]5C)C(=O)N(Cc1cc(C(F)(F)F)cc(C(F)(F)F)c1)C(=O)c4c3C. The Kier molecular flexibility index (Phi) is 12.2. The van der Waals surface area contributed by atoms with Crippen molar-refractivity contribution in [3.63, 3.8) is 0 Å². The van der Waals surface area contributed by atoms with Crippen molar-refractivity contribution in [1.82, 2.24) is 30.2 Å². The number of benzene rings is 2. The summed E-state index contributed by atoms with van der Waals surface area (Å²) in [6.07, 6.45) is -19.9. The fraction of sp³-hybridized carbons (Fsp3) is 0.388. The van der Waals surface area contributed by atoms with Gasteiger partial charge in [0.1, 0.15) is 0 Å². The molecule has 8 rings (SSSR count). The van der Waals surface area contributed by atoms with Gasteiger partial charge in [0.25, 0.3) is 11.8 Å². The van der Waals surface area contributed by atoms with Gasteiger partial charge in [-0.3, -0.25) is 19.5 Å². The van der Waals surface area contributed by atoms with E-state index in [2.05, 4.69) is 15.3 Å². The lowest BCUT2D eigenvalue weighted by Crippen LogP contribution is -2.40. The first-order chi connectivity index (χ1) is 32.0. The molecule has 69 heavy (non-hydrogen) atoms. The third-order valence-electron chi connectivity index (χ3n) is 13.7. The van der Waals surface area contributed by atoms with E-state index < -0.39 is 88.8 Å². The van der Waals surface area contributed by atoms with Crippen LogP contribution in [0.15, 0.2) is 54.6 Å². The molecule has 20 heteroatoms. The van der Waals surface area contributed by atoms with Crippen LogP contribution in [0.3, 0.4) is 0 Å². The van der Waals surface area contributed by atoms with Crippen molar-refractivity contribution >= 4 is 34.0 Å². The summed E-state index contributed by atoms with van der Waals surface area (Å²) in [5.41, 5.74) is -2.22. The van der Waals surface area contributed by atoms with Gasteiger partial charge in [-0.15, -0.1) is 0 Å². The van der Waals surface area contributed by atoms with Gasteiger partial charge in [-0.1, -0.05) is 27.7 Å². The maximum atomic E-state index is 14.8. The molecule has 0 aliphatic carbocycles. The first kappa shape index (κ1) is 49.2. The van der Waals surface area contributed by atoms with Crippen LogP contribution < -0.4 is 5.32 Å². The standard InChI is InChI=1S/C49H44F12N6O2/c1-8-32-22(4)34-17-38-39(25(7)62-18-26-9-28(46(50,51)52)13-29(10-26)47(53,54)55)23(5)35(64-38)15-33-20(2)21(3)42(65-33)41-43-40(24(6)36(66-43)16-37(32)63-34)44(68)67(45(41)69)19-27-11-30(48(56,57)58)14-31(12-27)49(59,60)61/h9-17,20-22,25,32,62-63,66H,8,18-19H2,1-7H3/t20-,21-,22+,25?,32+/m0/s1. The molecule has 8 bridgehead atoms. The number of hydrogen-bond donors (Lipinski definition) is 3. The normalized spacial score (nSPS) is 20.0. The van der Waals surface area contributed by atoms with E-state index in [1.54, 1.807) is 39.8 Å². The average Bonchev–Trinajstić information content (AvgIpc) is 3.93. The molecule has 0 saturated heterocycles. The van der Waals surface area contributed by atoms with E-state index in [1.807, 2.05) is 26.8 Å². The number of aromatic amines is 2. The zero-order valence-electron chi connectivity index (χ0n) is 37.9. The van der Waals surface area contributed by atoms with Crippen molar-refractivity contribution in [3.8, 4) is 0 Å². The molecule has 0 spiro atoms. The summed E-state index contributed by atoms with van der Waals surface area (Å²) in [5.74, 6) is -3.28.